The molecule has 0 unspecified atom stereocenters. The Hall–Kier alpha value is -0.653. The number of nitrogens with one attached hydrogen (secondary N) is 1. The molecule has 0 amide bonds. The quantitative estimate of drug-likeness (QED) is 0.844. The second kappa shape index (κ2) is 5.99. The molecule has 0 aromatic heterocycles. The lowest BCUT2D eigenvalue weighted by molar-refractivity contribution is 0.491. The Balaban J connectivity index is 2.81. The zero-order valence-electron chi connectivity index (χ0n) is 13.4. The van der Waals surface area contributed by atoms with Crippen molar-refractivity contribution in [2.45, 2.75) is 63.3 Å². The van der Waals surface area contributed by atoms with Crippen LogP contribution in [0.25, 0.3) is 0 Å². The number of rotatable bonds is 5. The molecular weight excluding hydrogens is 286 g/mol. The van der Waals surface area contributed by atoms with Gasteiger partial charge in [0, 0.05) is 13.6 Å². The molecule has 1 aromatic rings. The van der Waals surface area contributed by atoms with Crippen molar-refractivity contribution in [3.8, 4) is 0 Å². The van der Waals surface area contributed by atoms with Crippen molar-refractivity contribution in [1.82, 2.24) is 4.72 Å². The second-order valence-electron chi connectivity index (χ2n) is 7.56. The molecule has 0 heterocycles. The van der Waals surface area contributed by atoms with Crippen molar-refractivity contribution in [2.75, 3.05) is 0 Å². The Morgan fingerprint density at radius 2 is 1.55 bits per heavy atom. The molecule has 5 heteroatoms. The van der Waals surface area contributed by atoms with E-state index >= 15 is 0 Å². The molecule has 20 heavy (non-hydrogen) atoms. The van der Waals surface area contributed by atoms with Crippen molar-refractivity contribution in [1.29, 1.82) is 0 Å². The number of hydrogen-bond donors (Lipinski definition) is 1. The average Bonchev–Trinajstić information content (AvgIpc) is 2.22. The Labute approximate surface area is 124 Å². The van der Waals surface area contributed by atoms with Gasteiger partial charge < -0.3 is 0 Å². The van der Waals surface area contributed by atoms with Gasteiger partial charge in [-0.05, 0) is 44.9 Å². The summed E-state index contributed by atoms with van der Waals surface area (Å²) >= 11 is 0. The zero-order valence-corrected chi connectivity index (χ0v) is 15.3. The fraction of sp³-hybridized carbons (Fsp3) is 0.600. The van der Waals surface area contributed by atoms with Crippen LogP contribution < -0.4 is 4.72 Å². The lowest BCUT2D eigenvalue weighted by atomic mass is 10.1. The zero-order chi connectivity index (χ0) is 15.6. The molecular formula is C15H27NO2SSi. The second-order valence-corrected chi connectivity index (χ2v) is 14.9. The van der Waals surface area contributed by atoms with Crippen LogP contribution in [0.4, 0.5) is 0 Å². The predicted molar refractivity (Wildman–Crippen MR) is 88.4 cm³/mol. The number of sulfonamides is 1. The summed E-state index contributed by atoms with van der Waals surface area (Å²) in [6, 6.07) is 8.48. The smallest absolute Gasteiger partial charge is 0.207 e. The van der Waals surface area contributed by atoms with Crippen LogP contribution in [0.2, 0.25) is 25.7 Å². The van der Waals surface area contributed by atoms with Crippen molar-refractivity contribution < 1.29 is 8.42 Å². The molecule has 0 radical (unpaired) electrons. The van der Waals surface area contributed by atoms with E-state index in [9.17, 15) is 8.42 Å². The maximum Gasteiger partial charge on any atom is 0.241 e. The summed E-state index contributed by atoms with van der Waals surface area (Å²) in [5.74, 6) is 0. The molecule has 0 atom stereocenters. The van der Waals surface area contributed by atoms with E-state index < -0.39 is 23.6 Å². The molecule has 0 bridgehead atoms. The summed E-state index contributed by atoms with van der Waals surface area (Å²) in [5.41, 5.74) is 0.747. The Morgan fingerprint density at radius 1 is 1.05 bits per heavy atom. The topological polar surface area (TPSA) is 46.2 Å². The summed E-state index contributed by atoms with van der Waals surface area (Å²) in [4.78, 5) is 0.337. The highest BCUT2D eigenvalue weighted by atomic mass is 32.2. The van der Waals surface area contributed by atoms with Crippen LogP contribution >= 0.6 is 0 Å². The van der Waals surface area contributed by atoms with Gasteiger partial charge in [0.1, 0.15) is 0 Å². The van der Waals surface area contributed by atoms with E-state index in [4.69, 9.17) is 0 Å². The Bertz CT molecular complexity index is 537. The molecule has 0 fully saturated rings. The molecule has 114 valence electrons. The van der Waals surface area contributed by atoms with Crippen molar-refractivity contribution in [3.63, 3.8) is 0 Å². The van der Waals surface area contributed by atoms with E-state index in [1.54, 1.807) is 12.1 Å². The number of hydrogen-bond acceptors (Lipinski definition) is 2. The van der Waals surface area contributed by atoms with E-state index in [0.29, 0.717) is 4.90 Å². The minimum Gasteiger partial charge on any atom is -0.207 e. The summed E-state index contributed by atoms with van der Waals surface area (Å²) < 4.78 is 27.0. The van der Waals surface area contributed by atoms with Crippen LogP contribution in [-0.4, -0.2) is 22.0 Å². The minimum absolute atomic E-state index is 0.337. The average molecular weight is 314 g/mol. The van der Waals surface area contributed by atoms with Crippen molar-refractivity contribution in [3.05, 3.63) is 29.8 Å². The third-order valence-electron chi connectivity index (χ3n) is 2.84. The van der Waals surface area contributed by atoms with E-state index in [2.05, 4.69) is 24.4 Å². The highest BCUT2D eigenvalue weighted by molar-refractivity contribution is 7.89. The van der Waals surface area contributed by atoms with Crippen LogP contribution in [0.5, 0.6) is 0 Å². The normalized spacial score (nSPS) is 13.5. The SMILES string of the molecule is CC(C)(C)NS(=O)(=O)c1ccc(CC[Si](C)(C)C)cc1. The third kappa shape index (κ3) is 6.20. The van der Waals surface area contributed by atoms with Crippen LogP contribution in [0.1, 0.15) is 26.3 Å². The molecule has 0 spiro atoms. The first-order valence-corrected chi connectivity index (χ1v) is 12.2. The predicted octanol–water partition coefficient (Wildman–Crippen LogP) is 3.64. The number of benzene rings is 1. The van der Waals surface area contributed by atoms with Gasteiger partial charge in [0.2, 0.25) is 10.0 Å². The first-order valence-electron chi connectivity index (χ1n) is 7.02. The Kier molecular flexibility index (Phi) is 5.22. The highest BCUT2D eigenvalue weighted by Gasteiger charge is 2.21. The molecule has 0 saturated heterocycles. The van der Waals surface area contributed by atoms with Crippen LogP contribution in [0.3, 0.4) is 0 Å². The van der Waals surface area contributed by atoms with Crippen LogP contribution in [-0.2, 0) is 16.4 Å². The van der Waals surface area contributed by atoms with Crippen molar-refractivity contribution >= 4 is 18.1 Å². The lowest BCUT2D eigenvalue weighted by Crippen LogP contribution is -2.40. The molecule has 1 N–H and O–H groups in total. The molecule has 0 aliphatic heterocycles. The summed E-state index contributed by atoms with van der Waals surface area (Å²) in [6.45, 7) is 12.6. The van der Waals surface area contributed by atoms with E-state index in [1.807, 2.05) is 32.9 Å². The van der Waals surface area contributed by atoms with Gasteiger partial charge in [-0.15, -0.1) is 0 Å². The van der Waals surface area contributed by atoms with Gasteiger partial charge in [-0.25, -0.2) is 13.1 Å². The minimum atomic E-state index is -3.42. The van der Waals surface area contributed by atoms with Gasteiger partial charge >= 0.3 is 0 Å². The van der Waals surface area contributed by atoms with E-state index in [-0.39, 0.29) is 0 Å². The fourth-order valence-corrected chi connectivity index (χ4v) is 4.27. The number of aryl methyl sites for hydroxylation is 1. The maximum atomic E-state index is 12.2. The Morgan fingerprint density at radius 3 is 1.95 bits per heavy atom. The lowest BCUT2D eigenvalue weighted by Gasteiger charge is -2.20. The van der Waals surface area contributed by atoms with Crippen LogP contribution in [0.15, 0.2) is 29.2 Å². The summed E-state index contributed by atoms with van der Waals surface area (Å²) in [6.07, 6.45) is 1.03. The first kappa shape index (κ1) is 17.4. The highest BCUT2D eigenvalue weighted by Crippen LogP contribution is 2.17. The molecule has 3 nitrogen and oxygen atoms in total. The third-order valence-corrected chi connectivity index (χ3v) is 6.36. The molecule has 1 aromatic carbocycles. The van der Waals surface area contributed by atoms with Crippen molar-refractivity contribution in [2.24, 2.45) is 0 Å². The van der Waals surface area contributed by atoms with Gasteiger partial charge in [-0.2, -0.15) is 0 Å². The maximum absolute atomic E-state index is 12.2. The monoisotopic (exact) mass is 313 g/mol. The molecule has 0 saturated carbocycles. The molecule has 0 aliphatic carbocycles. The molecule has 0 aliphatic rings. The van der Waals surface area contributed by atoms with Crippen LogP contribution in [0, 0.1) is 0 Å². The van der Waals surface area contributed by atoms with E-state index in [1.165, 1.54) is 11.6 Å². The van der Waals surface area contributed by atoms with Gasteiger partial charge in [0.15, 0.2) is 0 Å². The van der Waals surface area contributed by atoms with Gasteiger partial charge in [-0.3, -0.25) is 0 Å². The van der Waals surface area contributed by atoms with Gasteiger partial charge in [0.05, 0.1) is 4.90 Å². The van der Waals surface area contributed by atoms with Gasteiger partial charge in [0.25, 0.3) is 0 Å². The fourth-order valence-electron chi connectivity index (χ4n) is 1.82. The van der Waals surface area contributed by atoms with Gasteiger partial charge in [-0.1, -0.05) is 37.8 Å². The standard InChI is InChI=1S/C15H27NO2SSi/c1-15(2,3)16-19(17,18)14-9-7-13(8-10-14)11-12-20(4,5)6/h7-10,16H,11-12H2,1-6H3. The summed E-state index contributed by atoms with van der Waals surface area (Å²) in [5, 5.41) is 0. The largest absolute Gasteiger partial charge is 0.241 e. The first-order chi connectivity index (χ1) is 8.89. The molecule has 1 rings (SSSR count). The van der Waals surface area contributed by atoms with E-state index in [0.717, 1.165) is 6.42 Å². The summed E-state index contributed by atoms with van der Waals surface area (Å²) in [7, 11) is -4.47.